The number of hydrogen-bond acceptors (Lipinski definition) is 3. The van der Waals surface area contributed by atoms with Crippen LogP contribution in [0.15, 0.2) is 65.9 Å². The van der Waals surface area contributed by atoms with Crippen LogP contribution in [0.2, 0.25) is 0 Å². The third-order valence-electron chi connectivity index (χ3n) is 8.12. The lowest BCUT2D eigenvalue weighted by Gasteiger charge is -2.37. The van der Waals surface area contributed by atoms with Crippen molar-refractivity contribution in [2.75, 3.05) is 18.0 Å². The van der Waals surface area contributed by atoms with Gasteiger partial charge in [-0.1, -0.05) is 41.5 Å². The fourth-order valence-electron chi connectivity index (χ4n) is 5.38. The molecule has 0 bridgehead atoms. The molecule has 0 saturated carbocycles. The van der Waals surface area contributed by atoms with Gasteiger partial charge in [-0.25, -0.2) is 0 Å². The molecule has 0 radical (unpaired) electrons. The molecule has 2 aliphatic rings. The molecule has 2 aromatic rings. The summed E-state index contributed by atoms with van der Waals surface area (Å²) < 4.78 is 0. The number of aliphatic carboxylic acids is 1. The lowest BCUT2D eigenvalue weighted by molar-refractivity contribution is -0.147. The maximum atomic E-state index is 13.9. The molecule has 1 aliphatic heterocycles. The SMILES string of the molecule is CCN(C(=O)C1CCN(C(=O)c2ccc(CCC(C)(C)C(=O)O)cc2)c2ccc(C)cc21)C1=CC=C(C)CC1. The van der Waals surface area contributed by atoms with Crippen molar-refractivity contribution in [3.05, 3.63) is 88.1 Å². The van der Waals surface area contributed by atoms with Crippen molar-refractivity contribution in [2.24, 2.45) is 5.41 Å². The number of aryl methyl sites for hydroxylation is 2. The molecular formula is C33H40N2O4. The molecule has 1 heterocycles. The molecule has 206 valence electrons. The highest BCUT2D eigenvalue weighted by Crippen LogP contribution is 2.39. The second-order valence-corrected chi connectivity index (χ2v) is 11.5. The van der Waals surface area contributed by atoms with Crippen molar-refractivity contribution >= 4 is 23.5 Å². The number of carbonyl (C=O) groups excluding carboxylic acids is 2. The predicted molar refractivity (Wildman–Crippen MR) is 155 cm³/mol. The number of likely N-dealkylation sites (N-methyl/N-ethyl adjacent to an activating group) is 1. The van der Waals surface area contributed by atoms with Crippen molar-refractivity contribution in [1.29, 1.82) is 0 Å². The van der Waals surface area contributed by atoms with Crippen molar-refractivity contribution in [3.8, 4) is 0 Å². The molecule has 1 N–H and O–H groups in total. The van der Waals surface area contributed by atoms with Crippen molar-refractivity contribution < 1.29 is 19.5 Å². The number of benzene rings is 2. The topological polar surface area (TPSA) is 77.9 Å². The van der Waals surface area contributed by atoms with Crippen LogP contribution in [-0.4, -0.2) is 40.9 Å². The van der Waals surface area contributed by atoms with Crippen molar-refractivity contribution in [3.63, 3.8) is 0 Å². The normalized spacial score (nSPS) is 17.2. The summed E-state index contributed by atoms with van der Waals surface area (Å²) in [7, 11) is 0. The molecule has 39 heavy (non-hydrogen) atoms. The van der Waals surface area contributed by atoms with E-state index in [1.807, 2.05) is 55.1 Å². The molecule has 2 amide bonds. The number of hydrogen-bond donors (Lipinski definition) is 1. The number of allylic oxidation sites excluding steroid dienone is 4. The first-order valence-corrected chi connectivity index (χ1v) is 13.9. The number of nitrogens with zero attached hydrogens (tertiary/aromatic N) is 2. The summed E-state index contributed by atoms with van der Waals surface area (Å²) in [5.41, 5.74) is 5.95. The lowest BCUT2D eigenvalue weighted by atomic mass is 9.86. The van der Waals surface area contributed by atoms with E-state index in [-0.39, 0.29) is 17.7 Å². The molecule has 6 heteroatoms. The van der Waals surface area contributed by atoms with Crippen LogP contribution in [0.4, 0.5) is 5.69 Å². The van der Waals surface area contributed by atoms with E-state index in [0.29, 0.717) is 37.9 Å². The Morgan fingerprint density at radius 1 is 1.03 bits per heavy atom. The number of anilines is 1. The predicted octanol–water partition coefficient (Wildman–Crippen LogP) is 6.65. The van der Waals surface area contributed by atoms with E-state index < -0.39 is 11.4 Å². The summed E-state index contributed by atoms with van der Waals surface area (Å²) in [6, 6.07) is 13.5. The zero-order chi connectivity index (χ0) is 28.3. The quantitative estimate of drug-likeness (QED) is 0.416. The van der Waals surface area contributed by atoms with Gasteiger partial charge < -0.3 is 14.9 Å². The lowest BCUT2D eigenvalue weighted by Crippen LogP contribution is -2.42. The smallest absolute Gasteiger partial charge is 0.309 e. The molecule has 6 nitrogen and oxygen atoms in total. The summed E-state index contributed by atoms with van der Waals surface area (Å²) in [5.74, 6) is -1.10. The van der Waals surface area contributed by atoms with Gasteiger partial charge in [-0.05, 0) is 102 Å². The summed E-state index contributed by atoms with van der Waals surface area (Å²) >= 11 is 0. The van der Waals surface area contributed by atoms with E-state index >= 15 is 0 Å². The Balaban J connectivity index is 1.55. The minimum absolute atomic E-state index is 0.0913. The largest absolute Gasteiger partial charge is 0.481 e. The van der Waals surface area contributed by atoms with Gasteiger partial charge in [0.1, 0.15) is 0 Å². The van der Waals surface area contributed by atoms with Gasteiger partial charge in [-0.15, -0.1) is 0 Å². The highest BCUT2D eigenvalue weighted by Gasteiger charge is 2.36. The van der Waals surface area contributed by atoms with Crippen molar-refractivity contribution in [1.82, 2.24) is 4.90 Å². The van der Waals surface area contributed by atoms with Crippen LogP contribution >= 0.6 is 0 Å². The van der Waals surface area contributed by atoms with Gasteiger partial charge in [0.15, 0.2) is 0 Å². The fourth-order valence-corrected chi connectivity index (χ4v) is 5.38. The van der Waals surface area contributed by atoms with Gasteiger partial charge in [0.05, 0.1) is 11.3 Å². The zero-order valence-corrected chi connectivity index (χ0v) is 23.8. The molecular weight excluding hydrogens is 488 g/mol. The molecule has 1 aliphatic carbocycles. The Labute approximate surface area is 232 Å². The average molecular weight is 529 g/mol. The van der Waals surface area contributed by atoms with E-state index in [1.54, 1.807) is 18.7 Å². The van der Waals surface area contributed by atoms with Gasteiger partial charge in [0.2, 0.25) is 5.91 Å². The fraction of sp³-hybridized carbons (Fsp3) is 0.424. The first-order valence-electron chi connectivity index (χ1n) is 13.9. The maximum Gasteiger partial charge on any atom is 0.309 e. The Morgan fingerprint density at radius 2 is 1.74 bits per heavy atom. The van der Waals surface area contributed by atoms with Crippen LogP contribution in [0.1, 0.15) is 86.3 Å². The highest BCUT2D eigenvalue weighted by atomic mass is 16.4. The van der Waals surface area contributed by atoms with Crippen LogP contribution in [0, 0.1) is 12.3 Å². The number of rotatable bonds is 8. The number of amides is 2. The van der Waals surface area contributed by atoms with Crippen molar-refractivity contribution in [2.45, 2.75) is 72.6 Å². The summed E-state index contributed by atoms with van der Waals surface area (Å²) in [4.78, 5) is 42.6. The molecule has 0 saturated heterocycles. The Bertz CT molecular complexity index is 1320. The third-order valence-corrected chi connectivity index (χ3v) is 8.12. The highest BCUT2D eigenvalue weighted by molar-refractivity contribution is 6.07. The summed E-state index contributed by atoms with van der Waals surface area (Å²) in [6.07, 6.45) is 7.73. The molecule has 0 fully saturated rings. The van der Waals surface area contributed by atoms with Gasteiger partial charge in [-0.3, -0.25) is 14.4 Å². The summed E-state index contributed by atoms with van der Waals surface area (Å²) in [6.45, 7) is 10.7. The molecule has 1 unspecified atom stereocenters. The first-order chi connectivity index (χ1) is 18.5. The van der Waals surface area contributed by atoms with E-state index in [2.05, 4.69) is 25.1 Å². The van der Waals surface area contributed by atoms with Crippen LogP contribution < -0.4 is 4.90 Å². The van der Waals surface area contributed by atoms with Crippen LogP contribution in [0.3, 0.4) is 0 Å². The monoisotopic (exact) mass is 528 g/mol. The van der Waals surface area contributed by atoms with Crippen LogP contribution in [0.25, 0.3) is 0 Å². The van der Waals surface area contributed by atoms with E-state index in [4.69, 9.17) is 0 Å². The molecule has 2 aromatic carbocycles. The molecule has 1 atom stereocenters. The van der Waals surface area contributed by atoms with Crippen LogP contribution in [-0.2, 0) is 16.0 Å². The number of fused-ring (bicyclic) bond motifs is 1. The Kier molecular flexibility index (Phi) is 8.43. The standard InChI is InChI=1S/C33H40N2O4/c1-6-34(26-14-7-22(2)8-15-26)31(37)27-18-20-35(29-16-9-23(3)21-28(27)29)30(36)25-12-10-24(11-13-25)17-19-33(4,5)32(38)39/h7,9-14,16,21,27H,6,8,15,17-20H2,1-5H3,(H,38,39). The average Bonchev–Trinajstić information content (AvgIpc) is 2.92. The zero-order valence-electron chi connectivity index (χ0n) is 23.8. The number of carbonyl (C=O) groups is 3. The minimum atomic E-state index is -0.811. The van der Waals surface area contributed by atoms with Gasteiger partial charge in [-0.2, -0.15) is 0 Å². The second-order valence-electron chi connectivity index (χ2n) is 11.5. The van der Waals surface area contributed by atoms with E-state index in [0.717, 1.165) is 40.9 Å². The number of carboxylic acid groups (broad SMARTS) is 1. The molecule has 4 rings (SSSR count). The summed E-state index contributed by atoms with van der Waals surface area (Å²) in [5, 5.41) is 9.37. The second kappa shape index (κ2) is 11.6. The van der Waals surface area contributed by atoms with Gasteiger partial charge in [0.25, 0.3) is 5.91 Å². The maximum absolute atomic E-state index is 13.9. The first kappa shape index (κ1) is 28.3. The molecule has 0 spiro atoms. The molecule has 0 aromatic heterocycles. The Hall–Kier alpha value is -3.67. The van der Waals surface area contributed by atoms with Gasteiger partial charge in [0, 0.05) is 30.0 Å². The Morgan fingerprint density at radius 3 is 2.36 bits per heavy atom. The minimum Gasteiger partial charge on any atom is -0.481 e. The van der Waals surface area contributed by atoms with Crippen LogP contribution in [0.5, 0.6) is 0 Å². The number of carboxylic acids is 1. The van der Waals surface area contributed by atoms with E-state index in [9.17, 15) is 19.5 Å². The van der Waals surface area contributed by atoms with Gasteiger partial charge >= 0.3 is 5.97 Å². The third kappa shape index (κ3) is 6.16. The van der Waals surface area contributed by atoms with E-state index in [1.165, 1.54) is 5.57 Å².